The standard InChI is InChI=1S/C20H25N3O2/c1-15-6-5-7-16(12-15)22-20(24)14-23-11-10-21-13-18(23)17-8-3-4-9-19(17)25-2/h3-9,12,18,21H,10-11,13-14H2,1-2H3,(H,22,24). The number of carbonyl (C=O) groups excluding carboxylic acids is 1. The summed E-state index contributed by atoms with van der Waals surface area (Å²) in [7, 11) is 1.68. The molecule has 25 heavy (non-hydrogen) atoms. The molecule has 132 valence electrons. The Hall–Kier alpha value is -2.37. The number of ether oxygens (including phenoxy) is 1. The summed E-state index contributed by atoms with van der Waals surface area (Å²) in [6, 6.07) is 16.0. The molecule has 2 aromatic carbocycles. The largest absolute Gasteiger partial charge is 0.496 e. The van der Waals surface area contributed by atoms with Crippen LogP contribution < -0.4 is 15.4 Å². The molecule has 0 spiro atoms. The van der Waals surface area contributed by atoms with E-state index in [1.165, 1.54) is 0 Å². The Kier molecular flexibility index (Phi) is 5.68. The van der Waals surface area contributed by atoms with Crippen molar-refractivity contribution in [2.24, 2.45) is 0 Å². The van der Waals surface area contributed by atoms with Crippen molar-refractivity contribution in [3.05, 3.63) is 59.7 Å². The average Bonchev–Trinajstić information content (AvgIpc) is 2.62. The van der Waals surface area contributed by atoms with E-state index in [0.29, 0.717) is 6.54 Å². The zero-order valence-electron chi connectivity index (χ0n) is 14.8. The van der Waals surface area contributed by atoms with Gasteiger partial charge in [-0.05, 0) is 30.7 Å². The van der Waals surface area contributed by atoms with Gasteiger partial charge in [-0.2, -0.15) is 0 Å². The molecule has 0 aromatic heterocycles. The summed E-state index contributed by atoms with van der Waals surface area (Å²) in [6.45, 7) is 4.88. The minimum absolute atomic E-state index is 0.00685. The Bertz CT molecular complexity index is 732. The van der Waals surface area contributed by atoms with E-state index in [1.807, 2.05) is 49.4 Å². The van der Waals surface area contributed by atoms with E-state index in [9.17, 15) is 4.79 Å². The third-order valence-electron chi connectivity index (χ3n) is 4.50. The van der Waals surface area contributed by atoms with E-state index in [1.54, 1.807) is 7.11 Å². The molecule has 1 aliphatic heterocycles. The van der Waals surface area contributed by atoms with Gasteiger partial charge >= 0.3 is 0 Å². The Morgan fingerprint density at radius 3 is 2.92 bits per heavy atom. The van der Waals surface area contributed by atoms with Crippen molar-refractivity contribution >= 4 is 11.6 Å². The Labute approximate surface area is 149 Å². The minimum Gasteiger partial charge on any atom is -0.496 e. The fraction of sp³-hybridized carbons (Fsp3) is 0.350. The molecular weight excluding hydrogens is 314 g/mol. The van der Waals surface area contributed by atoms with Gasteiger partial charge in [0, 0.05) is 30.9 Å². The molecule has 1 aliphatic rings. The quantitative estimate of drug-likeness (QED) is 0.879. The molecule has 1 amide bonds. The molecule has 0 bridgehead atoms. The van der Waals surface area contributed by atoms with Gasteiger partial charge in [-0.1, -0.05) is 30.3 Å². The van der Waals surface area contributed by atoms with Crippen LogP contribution in [0.25, 0.3) is 0 Å². The zero-order valence-corrected chi connectivity index (χ0v) is 14.8. The van der Waals surface area contributed by atoms with Crippen LogP contribution in [-0.2, 0) is 4.79 Å². The van der Waals surface area contributed by atoms with E-state index in [2.05, 4.69) is 21.6 Å². The number of nitrogens with zero attached hydrogens (tertiary/aromatic N) is 1. The predicted molar refractivity (Wildman–Crippen MR) is 100.0 cm³/mol. The molecule has 0 radical (unpaired) electrons. The second kappa shape index (κ2) is 8.14. The fourth-order valence-corrected chi connectivity index (χ4v) is 3.29. The zero-order chi connectivity index (χ0) is 17.6. The first-order valence-electron chi connectivity index (χ1n) is 8.61. The molecule has 5 heteroatoms. The number of nitrogens with one attached hydrogen (secondary N) is 2. The average molecular weight is 339 g/mol. The number of methoxy groups -OCH3 is 1. The summed E-state index contributed by atoms with van der Waals surface area (Å²) in [4.78, 5) is 14.7. The highest BCUT2D eigenvalue weighted by Crippen LogP contribution is 2.29. The summed E-state index contributed by atoms with van der Waals surface area (Å²) in [5.74, 6) is 0.868. The van der Waals surface area contributed by atoms with Gasteiger partial charge in [-0.15, -0.1) is 0 Å². The van der Waals surface area contributed by atoms with Crippen molar-refractivity contribution in [1.29, 1.82) is 0 Å². The maximum atomic E-state index is 12.5. The number of rotatable bonds is 5. The highest BCUT2D eigenvalue weighted by Gasteiger charge is 2.27. The molecule has 1 fully saturated rings. The summed E-state index contributed by atoms with van der Waals surface area (Å²) in [6.07, 6.45) is 0. The lowest BCUT2D eigenvalue weighted by molar-refractivity contribution is -0.118. The predicted octanol–water partition coefficient (Wildman–Crippen LogP) is 2.59. The smallest absolute Gasteiger partial charge is 0.238 e. The van der Waals surface area contributed by atoms with E-state index >= 15 is 0 Å². The lowest BCUT2D eigenvalue weighted by Crippen LogP contribution is -2.48. The van der Waals surface area contributed by atoms with Gasteiger partial charge in [0.25, 0.3) is 0 Å². The first kappa shape index (κ1) is 17.5. The molecule has 1 heterocycles. The van der Waals surface area contributed by atoms with Crippen LogP contribution in [0.15, 0.2) is 48.5 Å². The van der Waals surface area contributed by atoms with Crippen LogP contribution in [-0.4, -0.2) is 44.1 Å². The molecular formula is C20H25N3O2. The number of hydrogen-bond donors (Lipinski definition) is 2. The molecule has 0 aliphatic carbocycles. The SMILES string of the molecule is COc1ccccc1C1CNCCN1CC(=O)Nc1cccc(C)c1. The van der Waals surface area contributed by atoms with Gasteiger partial charge in [0.15, 0.2) is 0 Å². The second-order valence-electron chi connectivity index (χ2n) is 6.35. The van der Waals surface area contributed by atoms with Crippen LogP contribution >= 0.6 is 0 Å². The number of aryl methyl sites for hydroxylation is 1. The number of benzene rings is 2. The monoisotopic (exact) mass is 339 g/mol. The van der Waals surface area contributed by atoms with Gasteiger partial charge in [-0.25, -0.2) is 0 Å². The minimum atomic E-state index is 0.00685. The van der Waals surface area contributed by atoms with Crippen molar-refractivity contribution in [3.63, 3.8) is 0 Å². The highest BCUT2D eigenvalue weighted by atomic mass is 16.5. The number of para-hydroxylation sites is 1. The molecule has 2 aromatic rings. The van der Waals surface area contributed by atoms with Crippen LogP contribution in [0.2, 0.25) is 0 Å². The van der Waals surface area contributed by atoms with E-state index < -0.39 is 0 Å². The van der Waals surface area contributed by atoms with Crippen molar-refractivity contribution in [3.8, 4) is 5.75 Å². The molecule has 5 nitrogen and oxygen atoms in total. The molecule has 3 rings (SSSR count). The van der Waals surface area contributed by atoms with Gasteiger partial charge in [0.1, 0.15) is 5.75 Å². The Balaban J connectivity index is 1.71. The van der Waals surface area contributed by atoms with Crippen LogP contribution in [0.1, 0.15) is 17.2 Å². The van der Waals surface area contributed by atoms with Gasteiger partial charge in [0.2, 0.25) is 5.91 Å². The molecule has 1 unspecified atom stereocenters. The van der Waals surface area contributed by atoms with Crippen molar-refractivity contribution in [2.45, 2.75) is 13.0 Å². The van der Waals surface area contributed by atoms with Crippen molar-refractivity contribution < 1.29 is 9.53 Å². The maximum Gasteiger partial charge on any atom is 0.238 e. The van der Waals surface area contributed by atoms with Gasteiger partial charge < -0.3 is 15.4 Å². The van der Waals surface area contributed by atoms with Gasteiger partial charge in [-0.3, -0.25) is 9.69 Å². The molecule has 2 N–H and O–H groups in total. The number of hydrogen-bond acceptors (Lipinski definition) is 4. The first-order valence-corrected chi connectivity index (χ1v) is 8.61. The lowest BCUT2D eigenvalue weighted by atomic mass is 10.0. The third kappa shape index (κ3) is 4.38. The summed E-state index contributed by atoms with van der Waals surface area (Å²) >= 11 is 0. The van der Waals surface area contributed by atoms with Crippen LogP contribution in [0.4, 0.5) is 5.69 Å². The molecule has 1 saturated heterocycles. The first-order chi connectivity index (χ1) is 12.2. The number of carbonyl (C=O) groups is 1. The summed E-state index contributed by atoms with van der Waals surface area (Å²) in [5.41, 5.74) is 3.08. The Morgan fingerprint density at radius 2 is 2.12 bits per heavy atom. The normalized spacial score (nSPS) is 17.9. The number of piperazine rings is 1. The van der Waals surface area contributed by atoms with E-state index in [4.69, 9.17) is 4.74 Å². The number of anilines is 1. The maximum absolute atomic E-state index is 12.5. The number of amides is 1. The van der Waals surface area contributed by atoms with Gasteiger partial charge in [0.05, 0.1) is 19.7 Å². The van der Waals surface area contributed by atoms with E-state index in [0.717, 1.165) is 42.2 Å². The summed E-state index contributed by atoms with van der Waals surface area (Å²) in [5, 5.41) is 6.41. The summed E-state index contributed by atoms with van der Waals surface area (Å²) < 4.78 is 5.51. The van der Waals surface area contributed by atoms with Crippen molar-refractivity contribution in [1.82, 2.24) is 10.2 Å². The molecule has 0 saturated carbocycles. The van der Waals surface area contributed by atoms with Crippen LogP contribution in [0.5, 0.6) is 5.75 Å². The molecule has 1 atom stereocenters. The third-order valence-corrected chi connectivity index (χ3v) is 4.50. The fourth-order valence-electron chi connectivity index (χ4n) is 3.29. The van der Waals surface area contributed by atoms with Crippen LogP contribution in [0.3, 0.4) is 0 Å². The highest BCUT2D eigenvalue weighted by molar-refractivity contribution is 5.92. The lowest BCUT2D eigenvalue weighted by Gasteiger charge is -2.36. The van der Waals surface area contributed by atoms with Crippen molar-refractivity contribution in [2.75, 3.05) is 38.6 Å². The van der Waals surface area contributed by atoms with E-state index in [-0.39, 0.29) is 11.9 Å². The Morgan fingerprint density at radius 1 is 1.28 bits per heavy atom. The second-order valence-corrected chi connectivity index (χ2v) is 6.35. The van der Waals surface area contributed by atoms with Crippen LogP contribution in [0, 0.1) is 6.92 Å². The topological polar surface area (TPSA) is 53.6 Å².